The molecule has 0 aromatic rings. The molecule has 0 aliphatic carbocycles. The van der Waals surface area contributed by atoms with Crippen molar-refractivity contribution < 1.29 is 9.90 Å². The maximum atomic E-state index is 11.9. The van der Waals surface area contributed by atoms with E-state index in [1.807, 2.05) is 25.8 Å². The number of hydrogen-bond donors (Lipinski definition) is 3. The van der Waals surface area contributed by atoms with Gasteiger partial charge in [-0.3, -0.25) is 10.2 Å². The van der Waals surface area contributed by atoms with Gasteiger partial charge < -0.3 is 10.4 Å². The Hall–Kier alpha value is -0.650. The monoisotopic (exact) mass is 271 g/mol. The number of amides is 1. The molecule has 0 saturated carbocycles. The first-order valence-corrected chi connectivity index (χ1v) is 7.30. The minimum Gasteiger partial charge on any atom is -0.393 e. The van der Waals surface area contributed by atoms with Crippen molar-refractivity contribution in [2.75, 3.05) is 19.6 Å². The molecule has 1 fully saturated rings. The van der Waals surface area contributed by atoms with Gasteiger partial charge in [-0.1, -0.05) is 34.1 Å². The fourth-order valence-corrected chi connectivity index (χ4v) is 2.18. The number of nitrogens with one attached hydrogen (secondary N) is 2. The average molecular weight is 271 g/mol. The summed E-state index contributed by atoms with van der Waals surface area (Å²) in [4.78, 5) is 11.9. The molecule has 0 spiro atoms. The van der Waals surface area contributed by atoms with Crippen LogP contribution >= 0.6 is 0 Å². The number of carbonyl (C=O) groups is 1. The van der Waals surface area contributed by atoms with Crippen LogP contribution < -0.4 is 10.7 Å². The fourth-order valence-electron chi connectivity index (χ4n) is 2.18. The van der Waals surface area contributed by atoms with Crippen LogP contribution in [-0.4, -0.2) is 47.8 Å². The van der Waals surface area contributed by atoms with Gasteiger partial charge >= 0.3 is 0 Å². The normalized spacial score (nSPS) is 23.1. The van der Waals surface area contributed by atoms with E-state index in [-0.39, 0.29) is 23.5 Å². The van der Waals surface area contributed by atoms with Crippen LogP contribution in [0.15, 0.2) is 0 Å². The first-order valence-electron chi connectivity index (χ1n) is 7.30. The minimum absolute atomic E-state index is 0.0438. The third-order valence-electron chi connectivity index (χ3n) is 3.37. The summed E-state index contributed by atoms with van der Waals surface area (Å²) in [5.41, 5.74) is 2.59. The molecule has 1 heterocycles. The van der Waals surface area contributed by atoms with Crippen LogP contribution in [0.2, 0.25) is 0 Å². The number of hydrazine groups is 1. The Kier molecular flexibility index (Phi) is 6.23. The molecule has 1 aliphatic heterocycles. The zero-order valence-electron chi connectivity index (χ0n) is 12.7. The minimum atomic E-state index is -0.373. The van der Waals surface area contributed by atoms with E-state index in [2.05, 4.69) is 17.7 Å². The van der Waals surface area contributed by atoms with Gasteiger partial charge in [-0.05, 0) is 12.8 Å². The molecule has 0 aromatic heterocycles. The number of carbonyl (C=O) groups excluding carboxylic acids is 1. The van der Waals surface area contributed by atoms with Crippen molar-refractivity contribution >= 4 is 5.91 Å². The molecule has 1 aliphatic rings. The van der Waals surface area contributed by atoms with Crippen molar-refractivity contribution in [2.45, 2.75) is 59.1 Å². The number of rotatable bonds is 5. The van der Waals surface area contributed by atoms with Crippen molar-refractivity contribution in [2.24, 2.45) is 5.41 Å². The SMILES string of the molecule is CCC[C@H](O)C[C@H]1CN(NC(=O)C(C)(C)C)CCN1. The molecule has 3 N–H and O–H groups in total. The third kappa shape index (κ3) is 5.89. The van der Waals surface area contributed by atoms with Gasteiger partial charge in [-0.15, -0.1) is 0 Å². The summed E-state index contributed by atoms with van der Waals surface area (Å²) in [5, 5.41) is 15.2. The molecular weight excluding hydrogens is 242 g/mol. The number of aliphatic hydroxyl groups excluding tert-OH is 1. The van der Waals surface area contributed by atoms with E-state index in [4.69, 9.17) is 0 Å². The fraction of sp³-hybridized carbons (Fsp3) is 0.929. The molecule has 1 rings (SSSR count). The van der Waals surface area contributed by atoms with Gasteiger partial charge in [0.2, 0.25) is 5.91 Å². The molecule has 5 nitrogen and oxygen atoms in total. The van der Waals surface area contributed by atoms with Crippen molar-refractivity contribution in [3.8, 4) is 0 Å². The quantitative estimate of drug-likeness (QED) is 0.695. The Morgan fingerprint density at radius 1 is 1.53 bits per heavy atom. The molecule has 2 atom stereocenters. The maximum Gasteiger partial charge on any atom is 0.239 e. The zero-order valence-corrected chi connectivity index (χ0v) is 12.7. The van der Waals surface area contributed by atoms with Crippen LogP contribution in [0.3, 0.4) is 0 Å². The van der Waals surface area contributed by atoms with E-state index in [1.165, 1.54) is 0 Å². The van der Waals surface area contributed by atoms with Gasteiger partial charge in [0.05, 0.1) is 6.10 Å². The van der Waals surface area contributed by atoms with Crippen molar-refractivity contribution in [1.29, 1.82) is 0 Å². The highest BCUT2D eigenvalue weighted by Gasteiger charge is 2.27. The lowest BCUT2D eigenvalue weighted by molar-refractivity contribution is -0.134. The van der Waals surface area contributed by atoms with Crippen molar-refractivity contribution in [1.82, 2.24) is 15.8 Å². The van der Waals surface area contributed by atoms with Gasteiger partial charge in [0, 0.05) is 31.1 Å². The summed E-state index contributed by atoms with van der Waals surface area (Å²) in [6.45, 7) is 10.2. The summed E-state index contributed by atoms with van der Waals surface area (Å²) in [6, 6.07) is 0.246. The topological polar surface area (TPSA) is 64.6 Å². The Bertz CT molecular complexity index is 289. The van der Waals surface area contributed by atoms with Gasteiger partial charge in [-0.2, -0.15) is 0 Å². The Balaban J connectivity index is 2.40. The van der Waals surface area contributed by atoms with Crippen molar-refractivity contribution in [3.63, 3.8) is 0 Å². The molecule has 112 valence electrons. The number of hydrogen-bond acceptors (Lipinski definition) is 4. The molecule has 0 aromatic carbocycles. The lowest BCUT2D eigenvalue weighted by atomic mass is 9.96. The first kappa shape index (κ1) is 16.4. The van der Waals surface area contributed by atoms with Crippen LogP contribution in [0.5, 0.6) is 0 Å². The zero-order chi connectivity index (χ0) is 14.5. The largest absolute Gasteiger partial charge is 0.393 e. The summed E-state index contributed by atoms with van der Waals surface area (Å²) >= 11 is 0. The second-order valence-corrected chi connectivity index (χ2v) is 6.47. The molecule has 19 heavy (non-hydrogen) atoms. The molecule has 1 saturated heterocycles. The number of aliphatic hydroxyl groups is 1. The molecule has 5 heteroatoms. The Morgan fingerprint density at radius 3 is 2.79 bits per heavy atom. The average Bonchev–Trinajstić information content (AvgIpc) is 2.28. The molecule has 0 unspecified atom stereocenters. The highest BCUT2D eigenvalue weighted by atomic mass is 16.3. The molecular formula is C14H29N3O2. The van der Waals surface area contributed by atoms with E-state index in [0.717, 1.165) is 38.9 Å². The van der Waals surface area contributed by atoms with Gasteiger partial charge in [-0.25, -0.2) is 5.01 Å². The van der Waals surface area contributed by atoms with Gasteiger partial charge in [0.15, 0.2) is 0 Å². The Labute approximate surface area is 116 Å². The highest BCUT2D eigenvalue weighted by molar-refractivity contribution is 5.80. The third-order valence-corrected chi connectivity index (χ3v) is 3.37. The smallest absolute Gasteiger partial charge is 0.239 e. The number of piperazine rings is 1. The van der Waals surface area contributed by atoms with Gasteiger partial charge in [0.25, 0.3) is 0 Å². The predicted octanol–water partition coefficient (Wildman–Crippen LogP) is 0.889. The van der Waals surface area contributed by atoms with E-state index in [0.29, 0.717) is 0 Å². The summed E-state index contributed by atoms with van der Waals surface area (Å²) in [6.07, 6.45) is 2.33. The number of nitrogens with zero attached hydrogens (tertiary/aromatic N) is 1. The van der Waals surface area contributed by atoms with E-state index in [1.54, 1.807) is 0 Å². The lowest BCUT2D eigenvalue weighted by Gasteiger charge is -2.36. The van der Waals surface area contributed by atoms with Crippen LogP contribution in [0.1, 0.15) is 47.0 Å². The van der Waals surface area contributed by atoms with E-state index in [9.17, 15) is 9.90 Å². The van der Waals surface area contributed by atoms with E-state index < -0.39 is 0 Å². The molecule has 0 bridgehead atoms. The Morgan fingerprint density at radius 2 is 2.21 bits per heavy atom. The standard InChI is InChI=1S/C14H29N3O2/c1-5-6-12(18)9-11-10-17(8-7-15-11)16-13(19)14(2,3)4/h11-12,15,18H,5-10H2,1-4H3,(H,16,19)/t11-,12-/m0/s1. The van der Waals surface area contributed by atoms with Crippen LogP contribution in [0, 0.1) is 5.41 Å². The second kappa shape index (κ2) is 7.22. The lowest BCUT2D eigenvalue weighted by Crippen LogP contribution is -2.58. The molecule has 1 amide bonds. The second-order valence-electron chi connectivity index (χ2n) is 6.47. The van der Waals surface area contributed by atoms with Crippen LogP contribution in [-0.2, 0) is 4.79 Å². The maximum absolute atomic E-state index is 11.9. The highest BCUT2D eigenvalue weighted by Crippen LogP contribution is 2.14. The first-order chi connectivity index (χ1) is 8.82. The van der Waals surface area contributed by atoms with E-state index >= 15 is 0 Å². The van der Waals surface area contributed by atoms with Gasteiger partial charge in [0.1, 0.15) is 0 Å². The van der Waals surface area contributed by atoms with Crippen molar-refractivity contribution in [3.05, 3.63) is 0 Å². The summed E-state index contributed by atoms with van der Waals surface area (Å²) in [7, 11) is 0. The molecule has 0 radical (unpaired) electrons. The predicted molar refractivity (Wildman–Crippen MR) is 76.5 cm³/mol. The summed E-state index contributed by atoms with van der Waals surface area (Å²) < 4.78 is 0. The van der Waals surface area contributed by atoms with Crippen LogP contribution in [0.25, 0.3) is 0 Å². The van der Waals surface area contributed by atoms with Crippen LogP contribution in [0.4, 0.5) is 0 Å². The summed E-state index contributed by atoms with van der Waals surface area (Å²) in [5.74, 6) is 0.0438.